The summed E-state index contributed by atoms with van der Waals surface area (Å²) in [5.41, 5.74) is 2.72. The van der Waals surface area contributed by atoms with E-state index in [9.17, 15) is 9.59 Å². The fourth-order valence-corrected chi connectivity index (χ4v) is 6.60. The summed E-state index contributed by atoms with van der Waals surface area (Å²) < 4.78 is 0.754. The molecule has 6 heteroatoms. The van der Waals surface area contributed by atoms with Crippen molar-refractivity contribution >= 4 is 44.1 Å². The van der Waals surface area contributed by atoms with Gasteiger partial charge in [0.1, 0.15) is 5.00 Å². The first-order valence-electron chi connectivity index (χ1n) is 11.6. The zero-order chi connectivity index (χ0) is 23.0. The van der Waals surface area contributed by atoms with Gasteiger partial charge in [-0.05, 0) is 83.0 Å². The topological polar surface area (TPSA) is 49.4 Å². The van der Waals surface area contributed by atoms with Crippen LogP contribution in [-0.2, 0) is 12.8 Å². The average molecular weight is 518 g/mol. The molecule has 0 radical (unpaired) electrons. The number of nitrogens with zero attached hydrogens (tertiary/aromatic N) is 1. The van der Waals surface area contributed by atoms with E-state index >= 15 is 0 Å². The molecule has 2 amide bonds. The molecule has 2 aromatic rings. The minimum Gasteiger partial charge on any atom is -0.339 e. The van der Waals surface area contributed by atoms with Crippen LogP contribution in [0, 0.1) is 17.3 Å². The number of rotatable bonds is 3. The molecule has 4 rings (SSSR count). The number of anilines is 1. The number of carbonyl (C=O) groups is 2. The van der Waals surface area contributed by atoms with Gasteiger partial charge in [-0.3, -0.25) is 9.59 Å². The number of nitrogens with one attached hydrogen (secondary N) is 1. The van der Waals surface area contributed by atoms with Crippen molar-refractivity contribution in [2.45, 2.75) is 59.8 Å². The van der Waals surface area contributed by atoms with Gasteiger partial charge in [0.25, 0.3) is 11.8 Å². The highest BCUT2D eigenvalue weighted by Gasteiger charge is 2.35. The first kappa shape index (κ1) is 23.5. The smallest absolute Gasteiger partial charge is 0.257 e. The van der Waals surface area contributed by atoms with Gasteiger partial charge in [0.2, 0.25) is 0 Å². The Labute approximate surface area is 203 Å². The second kappa shape index (κ2) is 9.30. The van der Waals surface area contributed by atoms with Crippen molar-refractivity contribution in [3.8, 4) is 0 Å². The third-order valence-corrected chi connectivity index (χ3v) is 8.98. The number of hydrogen-bond acceptors (Lipinski definition) is 3. The van der Waals surface area contributed by atoms with Crippen LogP contribution in [0.1, 0.15) is 78.1 Å². The van der Waals surface area contributed by atoms with Crippen molar-refractivity contribution in [3.05, 3.63) is 50.3 Å². The summed E-state index contributed by atoms with van der Waals surface area (Å²) in [7, 11) is 0. The first-order valence-corrected chi connectivity index (χ1v) is 13.3. The van der Waals surface area contributed by atoms with Gasteiger partial charge in [-0.1, -0.05) is 39.8 Å². The van der Waals surface area contributed by atoms with Crippen molar-refractivity contribution in [2.75, 3.05) is 18.4 Å². The highest BCUT2D eigenvalue weighted by Crippen LogP contribution is 2.45. The molecule has 1 aliphatic carbocycles. The molecule has 32 heavy (non-hydrogen) atoms. The van der Waals surface area contributed by atoms with Crippen LogP contribution in [0.5, 0.6) is 0 Å². The number of hydrogen-bond donors (Lipinski definition) is 1. The van der Waals surface area contributed by atoms with Gasteiger partial charge in [-0.15, -0.1) is 11.3 Å². The van der Waals surface area contributed by atoms with E-state index in [1.165, 1.54) is 10.4 Å². The molecule has 1 fully saturated rings. The predicted octanol–water partition coefficient (Wildman–Crippen LogP) is 6.79. The molecular formula is C26H33BrN2O2S. The molecule has 1 aromatic carbocycles. The normalized spacial score (nSPS) is 19.5. The van der Waals surface area contributed by atoms with E-state index in [0.29, 0.717) is 22.4 Å². The summed E-state index contributed by atoms with van der Waals surface area (Å²) >= 11 is 5.09. The number of carbonyl (C=O) groups excluding carboxylic acids is 2. The summed E-state index contributed by atoms with van der Waals surface area (Å²) in [4.78, 5) is 30.1. The molecule has 1 saturated heterocycles. The van der Waals surface area contributed by atoms with Gasteiger partial charge < -0.3 is 10.2 Å². The molecule has 1 N–H and O–H groups in total. The van der Waals surface area contributed by atoms with E-state index in [0.717, 1.165) is 55.2 Å². The summed E-state index contributed by atoms with van der Waals surface area (Å²) in [6, 6.07) is 7.41. The Bertz CT molecular complexity index is 1020. The zero-order valence-electron chi connectivity index (χ0n) is 19.5. The lowest BCUT2D eigenvalue weighted by Gasteiger charge is -2.34. The Morgan fingerprint density at radius 1 is 1.12 bits per heavy atom. The van der Waals surface area contributed by atoms with Gasteiger partial charge >= 0.3 is 0 Å². The van der Waals surface area contributed by atoms with Gasteiger partial charge in [0.15, 0.2) is 0 Å². The van der Waals surface area contributed by atoms with Gasteiger partial charge in [-0.25, -0.2) is 0 Å². The van der Waals surface area contributed by atoms with E-state index < -0.39 is 0 Å². The second-order valence-corrected chi connectivity index (χ2v) is 12.4. The van der Waals surface area contributed by atoms with E-state index in [-0.39, 0.29) is 17.2 Å². The number of likely N-dealkylation sites (tertiary alicyclic amines) is 1. The molecule has 0 saturated carbocycles. The SMILES string of the molecule is CC1CCN(C(=O)c2c(NC(=O)c3ccccc3Br)sc3c2CCC(C(C)(C)C)C3)CC1. The highest BCUT2D eigenvalue weighted by atomic mass is 79.9. The molecule has 2 aliphatic rings. The van der Waals surface area contributed by atoms with Crippen LogP contribution in [0.3, 0.4) is 0 Å². The van der Waals surface area contributed by atoms with Crippen LogP contribution in [0.25, 0.3) is 0 Å². The van der Waals surface area contributed by atoms with Crippen molar-refractivity contribution in [2.24, 2.45) is 17.3 Å². The fraction of sp³-hybridized carbons (Fsp3) is 0.538. The van der Waals surface area contributed by atoms with Gasteiger partial charge in [0, 0.05) is 22.4 Å². The van der Waals surface area contributed by atoms with Crippen molar-refractivity contribution in [1.82, 2.24) is 4.90 Å². The Kier molecular flexibility index (Phi) is 6.83. The molecule has 0 bridgehead atoms. The lowest BCUT2D eigenvalue weighted by atomic mass is 9.72. The lowest BCUT2D eigenvalue weighted by molar-refractivity contribution is 0.0697. The summed E-state index contributed by atoms with van der Waals surface area (Å²) in [5, 5.41) is 3.83. The fourth-order valence-electron chi connectivity index (χ4n) is 4.83. The first-order chi connectivity index (χ1) is 15.1. The van der Waals surface area contributed by atoms with E-state index in [2.05, 4.69) is 48.9 Å². The Morgan fingerprint density at radius 3 is 2.47 bits per heavy atom. The average Bonchev–Trinajstić information content (AvgIpc) is 3.10. The number of halogens is 1. The quantitative estimate of drug-likeness (QED) is 0.488. The largest absolute Gasteiger partial charge is 0.339 e. The number of thiophene rings is 1. The Morgan fingerprint density at radius 2 is 1.81 bits per heavy atom. The van der Waals surface area contributed by atoms with Crippen LogP contribution in [0.4, 0.5) is 5.00 Å². The van der Waals surface area contributed by atoms with Gasteiger partial charge in [0.05, 0.1) is 11.1 Å². The van der Waals surface area contributed by atoms with Crippen LogP contribution in [0.15, 0.2) is 28.7 Å². The third kappa shape index (κ3) is 4.81. The third-order valence-electron chi connectivity index (χ3n) is 7.12. The lowest BCUT2D eigenvalue weighted by Crippen LogP contribution is -2.38. The van der Waals surface area contributed by atoms with Crippen molar-refractivity contribution < 1.29 is 9.59 Å². The van der Waals surface area contributed by atoms with E-state index in [1.807, 2.05) is 23.1 Å². The maximum absolute atomic E-state index is 13.7. The molecule has 172 valence electrons. The standard InChI is InChI=1S/C26H33BrN2O2S/c1-16-11-13-29(14-12-16)25(31)22-19-10-9-17(26(2,3)4)15-21(19)32-24(22)28-23(30)18-7-5-6-8-20(18)27/h5-8,16-17H,9-15H2,1-4H3,(H,28,30). The Balaban J connectivity index is 1.68. The molecule has 4 nitrogen and oxygen atoms in total. The van der Waals surface area contributed by atoms with E-state index in [4.69, 9.17) is 0 Å². The minimum atomic E-state index is -0.176. The highest BCUT2D eigenvalue weighted by molar-refractivity contribution is 9.10. The molecule has 1 unspecified atom stereocenters. The minimum absolute atomic E-state index is 0.0889. The molecule has 1 atom stereocenters. The van der Waals surface area contributed by atoms with Gasteiger partial charge in [-0.2, -0.15) is 0 Å². The Hall–Kier alpha value is -1.66. The summed E-state index contributed by atoms with van der Waals surface area (Å²) in [6.07, 6.45) is 5.06. The van der Waals surface area contributed by atoms with Crippen LogP contribution in [-0.4, -0.2) is 29.8 Å². The van der Waals surface area contributed by atoms with Crippen LogP contribution >= 0.6 is 27.3 Å². The predicted molar refractivity (Wildman–Crippen MR) is 136 cm³/mol. The maximum Gasteiger partial charge on any atom is 0.257 e. The number of fused-ring (bicyclic) bond motifs is 1. The van der Waals surface area contributed by atoms with Crippen molar-refractivity contribution in [3.63, 3.8) is 0 Å². The molecule has 0 spiro atoms. The molecule has 1 aromatic heterocycles. The van der Waals surface area contributed by atoms with Crippen molar-refractivity contribution in [1.29, 1.82) is 0 Å². The van der Waals surface area contributed by atoms with Crippen LogP contribution in [0.2, 0.25) is 0 Å². The van der Waals surface area contributed by atoms with Crippen LogP contribution < -0.4 is 5.32 Å². The summed E-state index contributed by atoms with van der Waals surface area (Å²) in [6.45, 7) is 10.7. The molecule has 2 heterocycles. The maximum atomic E-state index is 13.7. The monoisotopic (exact) mass is 516 g/mol. The van der Waals surface area contributed by atoms with E-state index in [1.54, 1.807) is 17.4 Å². The molecule has 1 aliphatic heterocycles. The summed E-state index contributed by atoms with van der Waals surface area (Å²) in [5.74, 6) is 1.16. The number of piperidine rings is 1. The number of amides is 2. The zero-order valence-corrected chi connectivity index (χ0v) is 21.9. The number of benzene rings is 1. The second-order valence-electron chi connectivity index (χ2n) is 10.4. The molecular weight excluding hydrogens is 484 g/mol.